The average molecular weight is 301 g/mol. The normalized spacial score (nSPS) is 12.5. The van der Waals surface area contributed by atoms with Crippen molar-refractivity contribution in [3.8, 4) is 5.69 Å². The van der Waals surface area contributed by atoms with Gasteiger partial charge in [-0.3, -0.25) is 9.36 Å². The molecule has 1 aromatic heterocycles. The summed E-state index contributed by atoms with van der Waals surface area (Å²) in [7, 11) is 0. The molecule has 3 rings (SSSR count). The Morgan fingerprint density at radius 1 is 1.14 bits per heavy atom. The monoisotopic (exact) mass is 301 g/mol. The number of hydrogen-bond donors (Lipinski definition) is 1. The first-order valence-electron chi connectivity index (χ1n) is 6.71. The van der Waals surface area contributed by atoms with Crippen molar-refractivity contribution >= 4 is 10.9 Å². The predicted molar refractivity (Wildman–Crippen MR) is 79.9 cm³/mol. The minimum absolute atomic E-state index is 0.119. The van der Waals surface area contributed by atoms with Crippen molar-refractivity contribution in [3.63, 3.8) is 0 Å². The van der Waals surface area contributed by atoms with Crippen LogP contribution in [-0.2, 0) is 0 Å². The van der Waals surface area contributed by atoms with Gasteiger partial charge in [0, 0.05) is 0 Å². The average Bonchev–Trinajstić information content (AvgIpc) is 2.47. The molecule has 0 radical (unpaired) electrons. The zero-order valence-corrected chi connectivity index (χ0v) is 11.8. The maximum atomic E-state index is 13.5. The van der Waals surface area contributed by atoms with Crippen LogP contribution in [0.4, 0.5) is 8.78 Å². The Bertz CT molecular complexity index is 919. The van der Waals surface area contributed by atoms with Crippen LogP contribution in [0.2, 0.25) is 0 Å². The standard InChI is InChI=1S/C16H13F2N3O/c1-9(19)15-20-14-6-5-11(18)8-13(14)16(22)21(15)12-4-2-3-10(17)7-12/h2-9H,19H2,1H3/t9-/m0/s1. The van der Waals surface area contributed by atoms with Gasteiger partial charge in [0.1, 0.15) is 17.5 Å². The third-order valence-corrected chi connectivity index (χ3v) is 3.33. The first-order chi connectivity index (χ1) is 10.5. The van der Waals surface area contributed by atoms with Crippen molar-refractivity contribution in [1.29, 1.82) is 0 Å². The summed E-state index contributed by atoms with van der Waals surface area (Å²) in [6.07, 6.45) is 0. The summed E-state index contributed by atoms with van der Waals surface area (Å²) in [6.45, 7) is 1.67. The third kappa shape index (κ3) is 2.37. The van der Waals surface area contributed by atoms with Crippen LogP contribution >= 0.6 is 0 Å². The number of benzene rings is 2. The lowest BCUT2D eigenvalue weighted by Crippen LogP contribution is -2.27. The highest BCUT2D eigenvalue weighted by atomic mass is 19.1. The predicted octanol–water partition coefficient (Wildman–Crippen LogP) is 2.68. The summed E-state index contributed by atoms with van der Waals surface area (Å²) >= 11 is 0. The van der Waals surface area contributed by atoms with E-state index in [0.29, 0.717) is 11.2 Å². The number of hydrogen-bond acceptors (Lipinski definition) is 3. The van der Waals surface area contributed by atoms with Crippen molar-refractivity contribution in [2.45, 2.75) is 13.0 Å². The van der Waals surface area contributed by atoms with E-state index in [4.69, 9.17) is 5.73 Å². The molecule has 0 aliphatic heterocycles. The van der Waals surface area contributed by atoms with Gasteiger partial charge < -0.3 is 5.73 Å². The van der Waals surface area contributed by atoms with Gasteiger partial charge in [0.05, 0.1) is 22.6 Å². The number of nitrogens with zero attached hydrogens (tertiary/aromatic N) is 2. The number of fused-ring (bicyclic) bond motifs is 1. The second kappa shape index (κ2) is 5.31. The fourth-order valence-electron chi connectivity index (χ4n) is 2.35. The van der Waals surface area contributed by atoms with Crippen LogP contribution in [0.1, 0.15) is 18.8 Å². The van der Waals surface area contributed by atoms with E-state index in [9.17, 15) is 13.6 Å². The lowest BCUT2D eigenvalue weighted by Gasteiger charge is -2.16. The fourth-order valence-corrected chi connectivity index (χ4v) is 2.35. The molecule has 2 aromatic carbocycles. The molecule has 112 valence electrons. The van der Waals surface area contributed by atoms with Crippen LogP contribution in [-0.4, -0.2) is 9.55 Å². The van der Waals surface area contributed by atoms with Crippen molar-refractivity contribution in [2.24, 2.45) is 5.73 Å². The summed E-state index contributed by atoms with van der Waals surface area (Å²) in [5.74, 6) is -0.736. The Balaban J connectivity index is 2.43. The fraction of sp³-hybridized carbons (Fsp3) is 0.125. The summed E-state index contributed by atoms with van der Waals surface area (Å²) in [5, 5.41) is 0.119. The molecule has 0 fully saturated rings. The van der Waals surface area contributed by atoms with E-state index in [1.54, 1.807) is 13.0 Å². The lowest BCUT2D eigenvalue weighted by molar-refractivity contribution is 0.622. The molecule has 0 amide bonds. The topological polar surface area (TPSA) is 60.9 Å². The number of nitrogens with two attached hydrogens (primary N) is 1. The van der Waals surface area contributed by atoms with E-state index in [2.05, 4.69) is 4.98 Å². The van der Waals surface area contributed by atoms with E-state index in [0.717, 1.165) is 6.07 Å². The van der Waals surface area contributed by atoms with Crippen LogP contribution in [0.25, 0.3) is 16.6 Å². The smallest absolute Gasteiger partial charge is 0.266 e. The van der Waals surface area contributed by atoms with Crippen LogP contribution in [0.5, 0.6) is 0 Å². The van der Waals surface area contributed by atoms with Gasteiger partial charge in [0.25, 0.3) is 5.56 Å². The highest BCUT2D eigenvalue weighted by Gasteiger charge is 2.16. The van der Waals surface area contributed by atoms with Crippen LogP contribution < -0.4 is 11.3 Å². The second-order valence-corrected chi connectivity index (χ2v) is 5.04. The Hall–Kier alpha value is -2.60. The summed E-state index contributed by atoms with van der Waals surface area (Å²) in [4.78, 5) is 17.0. The molecule has 4 nitrogen and oxygen atoms in total. The molecule has 22 heavy (non-hydrogen) atoms. The van der Waals surface area contributed by atoms with Crippen molar-refractivity contribution in [1.82, 2.24) is 9.55 Å². The van der Waals surface area contributed by atoms with E-state index in [1.165, 1.54) is 34.9 Å². The van der Waals surface area contributed by atoms with Crippen molar-refractivity contribution in [2.75, 3.05) is 0 Å². The first kappa shape index (κ1) is 14.3. The Labute approximate surface area is 124 Å². The molecule has 0 unspecified atom stereocenters. The van der Waals surface area contributed by atoms with E-state index in [1.807, 2.05) is 0 Å². The van der Waals surface area contributed by atoms with E-state index >= 15 is 0 Å². The van der Waals surface area contributed by atoms with Gasteiger partial charge in [-0.25, -0.2) is 13.8 Å². The van der Waals surface area contributed by atoms with Crippen LogP contribution in [0.15, 0.2) is 47.3 Å². The maximum Gasteiger partial charge on any atom is 0.266 e. The molecule has 0 aliphatic carbocycles. The van der Waals surface area contributed by atoms with Crippen molar-refractivity contribution < 1.29 is 8.78 Å². The van der Waals surface area contributed by atoms with Crippen LogP contribution in [0.3, 0.4) is 0 Å². The summed E-state index contributed by atoms with van der Waals surface area (Å²) in [6, 6.07) is 8.76. The SMILES string of the molecule is C[C@H](N)c1nc2ccc(F)cc2c(=O)n1-c1cccc(F)c1. The van der Waals surface area contributed by atoms with Gasteiger partial charge in [0.15, 0.2) is 0 Å². The third-order valence-electron chi connectivity index (χ3n) is 3.33. The minimum atomic E-state index is -0.551. The molecule has 1 atom stereocenters. The van der Waals surface area contributed by atoms with E-state index < -0.39 is 23.2 Å². The molecule has 0 spiro atoms. The number of halogens is 2. The van der Waals surface area contributed by atoms with Gasteiger partial charge in [0.2, 0.25) is 0 Å². The second-order valence-electron chi connectivity index (χ2n) is 5.04. The lowest BCUT2D eigenvalue weighted by atomic mass is 10.2. The van der Waals surface area contributed by atoms with Gasteiger partial charge >= 0.3 is 0 Å². The van der Waals surface area contributed by atoms with E-state index in [-0.39, 0.29) is 11.2 Å². The maximum absolute atomic E-state index is 13.5. The molecule has 2 N–H and O–H groups in total. The molecule has 3 aromatic rings. The van der Waals surface area contributed by atoms with Gasteiger partial charge in [-0.05, 0) is 43.3 Å². The molecule has 0 saturated heterocycles. The summed E-state index contributed by atoms with van der Waals surface area (Å²) in [5.41, 5.74) is 6.06. The van der Waals surface area contributed by atoms with Crippen molar-refractivity contribution in [3.05, 3.63) is 70.3 Å². The zero-order chi connectivity index (χ0) is 15.9. The number of aromatic nitrogens is 2. The Kier molecular flexibility index (Phi) is 3.46. The Morgan fingerprint density at radius 3 is 2.55 bits per heavy atom. The highest BCUT2D eigenvalue weighted by molar-refractivity contribution is 5.78. The minimum Gasteiger partial charge on any atom is -0.322 e. The molecule has 1 heterocycles. The molecule has 0 aliphatic rings. The molecule has 0 saturated carbocycles. The zero-order valence-electron chi connectivity index (χ0n) is 11.8. The molecular formula is C16H13F2N3O. The molecular weight excluding hydrogens is 288 g/mol. The Morgan fingerprint density at radius 2 is 1.86 bits per heavy atom. The molecule has 0 bridgehead atoms. The quantitative estimate of drug-likeness (QED) is 0.791. The van der Waals surface area contributed by atoms with Gasteiger partial charge in [-0.1, -0.05) is 6.07 Å². The van der Waals surface area contributed by atoms with Gasteiger partial charge in [-0.2, -0.15) is 0 Å². The number of rotatable bonds is 2. The first-order valence-corrected chi connectivity index (χ1v) is 6.71. The van der Waals surface area contributed by atoms with Gasteiger partial charge in [-0.15, -0.1) is 0 Å². The highest BCUT2D eigenvalue weighted by Crippen LogP contribution is 2.18. The largest absolute Gasteiger partial charge is 0.322 e. The molecule has 6 heteroatoms. The summed E-state index contributed by atoms with van der Waals surface area (Å²) < 4.78 is 28.1. The van der Waals surface area contributed by atoms with Crippen LogP contribution in [0, 0.1) is 11.6 Å².